The molecule has 0 radical (unpaired) electrons. The molecule has 24 heavy (non-hydrogen) atoms. The minimum Gasteiger partial charge on any atom is -0.497 e. The van der Waals surface area contributed by atoms with Crippen molar-refractivity contribution in [2.75, 3.05) is 7.11 Å². The molecule has 0 unspecified atom stereocenters. The van der Waals surface area contributed by atoms with Gasteiger partial charge in [0.05, 0.1) is 29.8 Å². The minimum atomic E-state index is -0.867. The van der Waals surface area contributed by atoms with Crippen molar-refractivity contribution in [3.05, 3.63) is 56.2 Å². The smallest absolute Gasteiger partial charge is 0.307 e. The number of ether oxygens (including phenoxy) is 1. The van der Waals surface area contributed by atoms with E-state index in [2.05, 4.69) is 22.6 Å². The van der Waals surface area contributed by atoms with Gasteiger partial charge in [0, 0.05) is 14.7 Å². The number of hydrogen-bond acceptors (Lipinski definition) is 2. The van der Waals surface area contributed by atoms with E-state index >= 15 is 0 Å². The number of para-hydroxylation sites is 1. The predicted molar refractivity (Wildman–Crippen MR) is 104 cm³/mol. The summed E-state index contributed by atoms with van der Waals surface area (Å²) in [6, 6.07) is 11.4. The van der Waals surface area contributed by atoms with Crippen molar-refractivity contribution in [3.63, 3.8) is 0 Å². The van der Waals surface area contributed by atoms with Gasteiger partial charge >= 0.3 is 5.97 Å². The molecule has 0 atom stereocenters. The summed E-state index contributed by atoms with van der Waals surface area (Å²) in [6.45, 7) is 1.92. The van der Waals surface area contributed by atoms with Crippen molar-refractivity contribution in [1.29, 1.82) is 0 Å². The molecule has 2 aromatic carbocycles. The number of methoxy groups -OCH3 is 1. The van der Waals surface area contributed by atoms with Gasteiger partial charge in [-0.1, -0.05) is 17.7 Å². The van der Waals surface area contributed by atoms with Gasteiger partial charge in [0.15, 0.2) is 0 Å². The number of rotatable bonds is 4. The Kier molecular flexibility index (Phi) is 4.73. The lowest BCUT2D eigenvalue weighted by molar-refractivity contribution is -0.136. The molecule has 0 bridgehead atoms. The lowest BCUT2D eigenvalue weighted by atomic mass is 10.1. The first-order valence-corrected chi connectivity index (χ1v) is 8.73. The number of fused-ring (bicyclic) bond motifs is 1. The molecule has 0 aliphatic rings. The van der Waals surface area contributed by atoms with Gasteiger partial charge in [0.2, 0.25) is 0 Å². The van der Waals surface area contributed by atoms with Crippen molar-refractivity contribution in [1.82, 2.24) is 4.57 Å². The summed E-state index contributed by atoms with van der Waals surface area (Å²) < 4.78 is 8.32. The van der Waals surface area contributed by atoms with E-state index in [-0.39, 0.29) is 6.42 Å². The van der Waals surface area contributed by atoms with Crippen LogP contribution < -0.4 is 4.74 Å². The first-order valence-electron chi connectivity index (χ1n) is 7.28. The highest BCUT2D eigenvalue weighted by Gasteiger charge is 2.20. The zero-order valence-corrected chi connectivity index (χ0v) is 16.1. The van der Waals surface area contributed by atoms with E-state index in [4.69, 9.17) is 16.3 Å². The van der Waals surface area contributed by atoms with E-state index in [0.29, 0.717) is 10.8 Å². The van der Waals surface area contributed by atoms with Crippen molar-refractivity contribution in [2.45, 2.75) is 13.3 Å². The fourth-order valence-corrected chi connectivity index (χ4v) is 4.11. The number of hydrogen-bond donors (Lipinski definition) is 1. The van der Waals surface area contributed by atoms with Gasteiger partial charge in [-0.05, 0) is 65.4 Å². The first kappa shape index (κ1) is 17.1. The summed E-state index contributed by atoms with van der Waals surface area (Å²) in [5, 5.41) is 10.8. The Labute approximate surface area is 158 Å². The zero-order valence-electron chi connectivity index (χ0n) is 13.1. The quantitative estimate of drug-likeness (QED) is 0.573. The Morgan fingerprint density at radius 1 is 1.33 bits per heavy atom. The highest BCUT2D eigenvalue weighted by molar-refractivity contribution is 14.1. The molecular weight excluding hydrogens is 441 g/mol. The van der Waals surface area contributed by atoms with Gasteiger partial charge in [0.25, 0.3) is 0 Å². The normalized spacial score (nSPS) is 11.0. The van der Waals surface area contributed by atoms with Crippen LogP contribution in [0.4, 0.5) is 0 Å². The maximum Gasteiger partial charge on any atom is 0.307 e. The van der Waals surface area contributed by atoms with Gasteiger partial charge < -0.3 is 14.4 Å². The Hall–Kier alpha value is -1.73. The topological polar surface area (TPSA) is 51.5 Å². The van der Waals surface area contributed by atoms with E-state index in [9.17, 15) is 9.90 Å². The summed E-state index contributed by atoms with van der Waals surface area (Å²) in [7, 11) is 1.60. The Bertz CT molecular complexity index is 929. The van der Waals surface area contributed by atoms with Crippen molar-refractivity contribution in [2.24, 2.45) is 0 Å². The lowest BCUT2D eigenvalue weighted by Gasteiger charge is -2.13. The molecule has 4 nitrogen and oxygen atoms in total. The molecule has 0 fully saturated rings. The van der Waals surface area contributed by atoms with Gasteiger partial charge in [-0.3, -0.25) is 4.79 Å². The zero-order chi connectivity index (χ0) is 17.4. The molecule has 1 heterocycles. The average Bonchev–Trinajstić information content (AvgIpc) is 2.79. The van der Waals surface area contributed by atoms with Crippen LogP contribution in [0.5, 0.6) is 5.75 Å². The van der Waals surface area contributed by atoms with E-state index in [1.54, 1.807) is 7.11 Å². The van der Waals surface area contributed by atoms with Crippen molar-refractivity contribution < 1.29 is 14.6 Å². The summed E-state index contributed by atoms with van der Waals surface area (Å²) in [5.74, 6) is -0.172. The lowest BCUT2D eigenvalue weighted by Crippen LogP contribution is -2.04. The second-order valence-corrected chi connectivity index (χ2v) is 6.99. The fourth-order valence-electron chi connectivity index (χ4n) is 2.95. The number of halogens is 2. The molecule has 0 spiro atoms. The summed E-state index contributed by atoms with van der Waals surface area (Å²) in [4.78, 5) is 11.3. The Balaban J connectivity index is 2.40. The van der Waals surface area contributed by atoms with Gasteiger partial charge in [-0.15, -0.1) is 0 Å². The van der Waals surface area contributed by atoms with E-state index < -0.39 is 5.97 Å². The van der Waals surface area contributed by atoms with Crippen LogP contribution in [0.25, 0.3) is 16.6 Å². The monoisotopic (exact) mass is 455 g/mol. The van der Waals surface area contributed by atoms with E-state index in [1.807, 2.05) is 47.9 Å². The molecule has 0 saturated carbocycles. The molecular formula is C18H15ClINO3. The van der Waals surface area contributed by atoms with E-state index in [0.717, 1.165) is 31.4 Å². The third-order valence-electron chi connectivity index (χ3n) is 4.03. The third-order valence-corrected chi connectivity index (χ3v) is 5.21. The van der Waals surface area contributed by atoms with Crippen LogP contribution in [-0.2, 0) is 11.2 Å². The maximum absolute atomic E-state index is 11.3. The van der Waals surface area contributed by atoms with Crippen LogP contribution in [0.1, 0.15) is 11.3 Å². The number of aliphatic carboxylic acids is 1. The molecule has 1 aromatic heterocycles. The molecule has 3 rings (SSSR count). The summed E-state index contributed by atoms with van der Waals surface area (Å²) >= 11 is 8.68. The van der Waals surface area contributed by atoms with Crippen molar-refractivity contribution >= 4 is 51.1 Å². The predicted octanol–water partition coefficient (Wildman–Crippen LogP) is 4.83. The van der Waals surface area contributed by atoms with Crippen LogP contribution in [0, 0.1) is 10.5 Å². The van der Waals surface area contributed by atoms with E-state index in [1.165, 1.54) is 0 Å². The van der Waals surface area contributed by atoms with Crippen LogP contribution in [0.15, 0.2) is 36.4 Å². The number of carbonyl (C=O) groups is 1. The highest BCUT2D eigenvalue weighted by atomic mass is 127. The largest absolute Gasteiger partial charge is 0.497 e. The summed E-state index contributed by atoms with van der Waals surface area (Å²) in [6.07, 6.45) is -0.0521. The highest BCUT2D eigenvalue weighted by Crippen LogP contribution is 2.36. The Morgan fingerprint density at radius 2 is 2.08 bits per heavy atom. The first-order chi connectivity index (χ1) is 11.4. The van der Waals surface area contributed by atoms with Crippen LogP contribution in [0.2, 0.25) is 5.02 Å². The molecule has 124 valence electrons. The minimum absolute atomic E-state index is 0.0521. The number of carboxylic acids is 1. The Morgan fingerprint density at radius 3 is 2.71 bits per heavy atom. The fraction of sp³-hybridized carbons (Fsp3) is 0.167. The second kappa shape index (κ2) is 6.64. The molecule has 1 N–H and O–H groups in total. The molecule has 0 saturated heterocycles. The molecule has 0 aliphatic carbocycles. The van der Waals surface area contributed by atoms with Gasteiger partial charge in [-0.2, -0.15) is 0 Å². The SMILES string of the molecule is COc1ccc2c(c1)c(CC(=O)O)c(C)n2-c1c(Cl)cccc1I. The summed E-state index contributed by atoms with van der Waals surface area (Å²) in [5.41, 5.74) is 3.42. The van der Waals surface area contributed by atoms with Crippen LogP contribution in [-0.4, -0.2) is 22.8 Å². The van der Waals surface area contributed by atoms with Crippen molar-refractivity contribution in [3.8, 4) is 11.4 Å². The number of nitrogens with zero attached hydrogens (tertiary/aromatic N) is 1. The third kappa shape index (κ3) is 2.86. The number of aromatic nitrogens is 1. The molecule has 3 aromatic rings. The molecule has 0 amide bonds. The molecule has 6 heteroatoms. The van der Waals surface area contributed by atoms with Crippen LogP contribution in [0.3, 0.4) is 0 Å². The average molecular weight is 456 g/mol. The molecule has 0 aliphatic heterocycles. The number of benzene rings is 2. The second-order valence-electron chi connectivity index (χ2n) is 5.42. The number of carboxylic acid groups (broad SMARTS) is 1. The standard InChI is InChI=1S/C18H15ClINO3/c1-10-12(9-17(22)23)13-8-11(24-2)6-7-16(13)21(10)18-14(19)4-3-5-15(18)20/h3-8H,9H2,1-2H3,(H,22,23). The van der Waals surface area contributed by atoms with Gasteiger partial charge in [0.1, 0.15) is 5.75 Å². The maximum atomic E-state index is 11.3. The van der Waals surface area contributed by atoms with Gasteiger partial charge in [-0.25, -0.2) is 0 Å². The van der Waals surface area contributed by atoms with Crippen LogP contribution >= 0.6 is 34.2 Å².